The second-order valence-electron chi connectivity index (χ2n) is 4.25. The van der Waals surface area contributed by atoms with Crippen LogP contribution in [0.5, 0.6) is 0 Å². The molecule has 0 unspecified atom stereocenters. The number of non-ortho nitro benzene ring substituents is 1. The van der Waals surface area contributed by atoms with Gasteiger partial charge in [-0.1, -0.05) is 6.92 Å². The molecule has 102 valence electrons. The second-order valence-corrected chi connectivity index (χ2v) is 4.25. The molecule has 0 aliphatic rings. The van der Waals surface area contributed by atoms with Crippen molar-refractivity contribution in [3.63, 3.8) is 0 Å². The van der Waals surface area contributed by atoms with Gasteiger partial charge < -0.3 is 14.6 Å². The molecule has 0 saturated carbocycles. The van der Waals surface area contributed by atoms with Crippen LogP contribution in [0, 0.1) is 10.1 Å². The molecule has 2 aromatic rings. The fourth-order valence-electron chi connectivity index (χ4n) is 1.62. The van der Waals surface area contributed by atoms with E-state index >= 15 is 0 Å². The average Bonchev–Trinajstić information content (AvgIpc) is 2.79. The summed E-state index contributed by atoms with van der Waals surface area (Å²) in [6.07, 6.45) is 0. The van der Waals surface area contributed by atoms with E-state index in [0.29, 0.717) is 23.7 Å². The van der Waals surface area contributed by atoms with Gasteiger partial charge in [0.1, 0.15) is 5.52 Å². The number of rotatable bonds is 6. The van der Waals surface area contributed by atoms with Crippen molar-refractivity contribution in [3.05, 3.63) is 28.3 Å². The zero-order valence-corrected chi connectivity index (χ0v) is 10.9. The third kappa shape index (κ3) is 3.19. The number of oxazole rings is 1. The highest BCUT2D eigenvalue weighted by atomic mass is 16.6. The van der Waals surface area contributed by atoms with E-state index in [2.05, 4.69) is 22.1 Å². The number of nitrogens with one attached hydrogen (secondary N) is 1. The number of nitrogens with zero attached hydrogens (tertiary/aromatic N) is 3. The summed E-state index contributed by atoms with van der Waals surface area (Å²) in [7, 11) is 2.02. The molecule has 19 heavy (non-hydrogen) atoms. The van der Waals surface area contributed by atoms with E-state index in [9.17, 15) is 10.1 Å². The quantitative estimate of drug-likeness (QED) is 0.635. The molecular formula is C12H16N4O3. The number of anilines is 1. The summed E-state index contributed by atoms with van der Waals surface area (Å²) in [6.45, 7) is 4.63. The van der Waals surface area contributed by atoms with Gasteiger partial charge in [0, 0.05) is 25.2 Å². The summed E-state index contributed by atoms with van der Waals surface area (Å²) in [5.74, 6) is 0. The maximum atomic E-state index is 10.7. The Morgan fingerprint density at radius 2 is 2.32 bits per heavy atom. The Labute approximate surface area is 110 Å². The van der Waals surface area contributed by atoms with Crippen LogP contribution in [0.15, 0.2) is 22.6 Å². The van der Waals surface area contributed by atoms with E-state index < -0.39 is 4.92 Å². The normalized spacial score (nSPS) is 11.1. The van der Waals surface area contributed by atoms with E-state index in [1.165, 1.54) is 12.1 Å². The molecule has 0 spiro atoms. The predicted molar refractivity (Wildman–Crippen MR) is 72.3 cm³/mol. The Kier molecular flexibility index (Phi) is 3.96. The van der Waals surface area contributed by atoms with Crippen molar-refractivity contribution in [1.82, 2.24) is 9.88 Å². The number of likely N-dealkylation sites (N-methyl/N-ethyl adjacent to an activating group) is 1. The van der Waals surface area contributed by atoms with Crippen LogP contribution in [0.3, 0.4) is 0 Å². The zero-order valence-electron chi connectivity index (χ0n) is 10.9. The lowest BCUT2D eigenvalue weighted by Crippen LogP contribution is -2.24. The number of hydrogen-bond acceptors (Lipinski definition) is 6. The molecule has 7 nitrogen and oxygen atoms in total. The van der Waals surface area contributed by atoms with Gasteiger partial charge in [0.2, 0.25) is 0 Å². The molecule has 1 aromatic heterocycles. The number of benzene rings is 1. The van der Waals surface area contributed by atoms with Gasteiger partial charge in [0.05, 0.1) is 4.92 Å². The fourth-order valence-corrected chi connectivity index (χ4v) is 1.62. The number of fused-ring (bicyclic) bond motifs is 1. The first-order chi connectivity index (χ1) is 9.10. The lowest BCUT2D eigenvalue weighted by molar-refractivity contribution is -0.384. The van der Waals surface area contributed by atoms with Crippen molar-refractivity contribution < 1.29 is 9.34 Å². The molecule has 0 saturated heterocycles. The Balaban J connectivity index is 2.07. The van der Waals surface area contributed by atoms with E-state index in [4.69, 9.17) is 4.42 Å². The van der Waals surface area contributed by atoms with Gasteiger partial charge in [-0.25, -0.2) is 0 Å². The number of nitro groups is 1. The molecule has 0 atom stereocenters. The van der Waals surface area contributed by atoms with Gasteiger partial charge >= 0.3 is 0 Å². The summed E-state index contributed by atoms with van der Waals surface area (Å²) >= 11 is 0. The largest absolute Gasteiger partial charge is 0.424 e. The van der Waals surface area contributed by atoms with Gasteiger partial charge in [-0.2, -0.15) is 4.98 Å². The summed E-state index contributed by atoms with van der Waals surface area (Å²) < 4.78 is 5.45. The highest BCUT2D eigenvalue weighted by molar-refractivity contribution is 5.77. The van der Waals surface area contributed by atoms with Crippen molar-refractivity contribution in [2.45, 2.75) is 6.92 Å². The van der Waals surface area contributed by atoms with Crippen LogP contribution in [0.25, 0.3) is 11.1 Å². The van der Waals surface area contributed by atoms with Crippen molar-refractivity contribution >= 4 is 22.8 Å². The Morgan fingerprint density at radius 3 is 3.00 bits per heavy atom. The number of hydrogen-bond donors (Lipinski definition) is 1. The van der Waals surface area contributed by atoms with Gasteiger partial charge in [-0.05, 0) is 19.7 Å². The van der Waals surface area contributed by atoms with Crippen molar-refractivity contribution in [2.24, 2.45) is 0 Å². The molecule has 0 fully saturated rings. The third-order valence-electron chi connectivity index (χ3n) is 2.89. The first kappa shape index (κ1) is 13.3. The Morgan fingerprint density at radius 1 is 1.53 bits per heavy atom. The lowest BCUT2D eigenvalue weighted by atomic mass is 10.3. The third-order valence-corrected chi connectivity index (χ3v) is 2.89. The topological polar surface area (TPSA) is 84.4 Å². The van der Waals surface area contributed by atoms with Crippen LogP contribution in [0.4, 0.5) is 11.7 Å². The molecular weight excluding hydrogens is 248 g/mol. The summed E-state index contributed by atoms with van der Waals surface area (Å²) in [6, 6.07) is 4.76. The van der Waals surface area contributed by atoms with E-state index in [1.54, 1.807) is 6.07 Å². The second kappa shape index (κ2) is 5.66. The highest BCUT2D eigenvalue weighted by Gasteiger charge is 2.11. The first-order valence-electron chi connectivity index (χ1n) is 6.07. The van der Waals surface area contributed by atoms with Gasteiger partial charge in [0.15, 0.2) is 5.58 Å². The maximum Gasteiger partial charge on any atom is 0.295 e. The van der Waals surface area contributed by atoms with E-state index in [1.807, 2.05) is 7.05 Å². The van der Waals surface area contributed by atoms with E-state index in [0.717, 1.165) is 13.1 Å². The molecule has 2 rings (SSSR count). The molecule has 1 N–H and O–H groups in total. The highest BCUT2D eigenvalue weighted by Crippen LogP contribution is 2.23. The SMILES string of the molecule is CCN(C)CCNc1nc2cc([N+](=O)[O-])ccc2o1. The summed E-state index contributed by atoms with van der Waals surface area (Å²) in [5, 5.41) is 13.7. The molecule has 7 heteroatoms. The van der Waals surface area contributed by atoms with Crippen LogP contribution in [-0.4, -0.2) is 41.5 Å². The first-order valence-corrected chi connectivity index (χ1v) is 6.07. The van der Waals surface area contributed by atoms with Crippen LogP contribution in [-0.2, 0) is 0 Å². The molecule has 1 heterocycles. The number of aromatic nitrogens is 1. The standard InChI is InChI=1S/C12H16N4O3/c1-3-15(2)7-6-13-12-14-10-8-9(16(17)18)4-5-11(10)19-12/h4-5,8H,3,6-7H2,1-2H3,(H,13,14). The minimum atomic E-state index is -0.447. The van der Waals surface area contributed by atoms with Gasteiger partial charge in [0.25, 0.3) is 11.7 Å². The van der Waals surface area contributed by atoms with Gasteiger partial charge in [-0.3, -0.25) is 10.1 Å². The molecule has 0 aliphatic heterocycles. The molecule has 0 aliphatic carbocycles. The smallest absolute Gasteiger partial charge is 0.295 e. The zero-order chi connectivity index (χ0) is 13.8. The Hall–Kier alpha value is -2.15. The summed E-state index contributed by atoms with van der Waals surface area (Å²) in [4.78, 5) is 16.5. The Bertz CT molecular complexity index is 581. The number of nitro benzene ring substituents is 1. The fraction of sp³-hybridized carbons (Fsp3) is 0.417. The molecule has 1 aromatic carbocycles. The monoisotopic (exact) mass is 264 g/mol. The van der Waals surface area contributed by atoms with Crippen LogP contribution < -0.4 is 5.32 Å². The lowest BCUT2D eigenvalue weighted by Gasteiger charge is -2.12. The molecule has 0 bridgehead atoms. The maximum absolute atomic E-state index is 10.7. The average molecular weight is 264 g/mol. The van der Waals surface area contributed by atoms with Crippen molar-refractivity contribution in [2.75, 3.05) is 32.0 Å². The van der Waals surface area contributed by atoms with Crippen LogP contribution in [0.1, 0.15) is 6.92 Å². The molecule has 0 radical (unpaired) electrons. The van der Waals surface area contributed by atoms with E-state index in [-0.39, 0.29) is 5.69 Å². The summed E-state index contributed by atoms with van der Waals surface area (Å²) in [5.41, 5.74) is 1.04. The molecule has 0 amide bonds. The van der Waals surface area contributed by atoms with Crippen molar-refractivity contribution in [1.29, 1.82) is 0 Å². The van der Waals surface area contributed by atoms with Crippen molar-refractivity contribution in [3.8, 4) is 0 Å². The van der Waals surface area contributed by atoms with Crippen LogP contribution >= 0.6 is 0 Å². The minimum absolute atomic E-state index is 0.0121. The minimum Gasteiger partial charge on any atom is -0.424 e. The predicted octanol–water partition coefficient (Wildman–Crippen LogP) is 2.10. The van der Waals surface area contributed by atoms with Gasteiger partial charge in [-0.15, -0.1) is 0 Å². The van der Waals surface area contributed by atoms with Crippen LogP contribution in [0.2, 0.25) is 0 Å².